The van der Waals surface area contributed by atoms with Gasteiger partial charge in [0.15, 0.2) is 0 Å². The molecule has 1 heterocycles. The minimum absolute atomic E-state index is 0.500. The lowest BCUT2D eigenvalue weighted by Gasteiger charge is -2.53. The molecule has 1 nitrogen and oxygen atoms in total. The molecular weight excluding hydrogens is 170 g/mol. The van der Waals surface area contributed by atoms with Gasteiger partial charge in [-0.15, -0.1) is 0 Å². The molecule has 1 saturated carbocycles. The van der Waals surface area contributed by atoms with Crippen LogP contribution in [0.15, 0.2) is 30.3 Å². The molecule has 1 aliphatic carbocycles. The van der Waals surface area contributed by atoms with Crippen LogP contribution in [0.2, 0.25) is 0 Å². The molecule has 0 bridgehead atoms. The fourth-order valence-electron chi connectivity index (χ4n) is 3.19. The molecular formula is C13H17N. The molecule has 0 spiro atoms. The lowest BCUT2D eigenvalue weighted by molar-refractivity contribution is 0.0812. The Morgan fingerprint density at radius 3 is 2.64 bits per heavy atom. The van der Waals surface area contributed by atoms with Crippen molar-refractivity contribution in [2.24, 2.45) is 5.92 Å². The van der Waals surface area contributed by atoms with E-state index in [4.69, 9.17) is 0 Å². The van der Waals surface area contributed by atoms with Crippen molar-refractivity contribution in [2.75, 3.05) is 13.1 Å². The first-order valence-corrected chi connectivity index (χ1v) is 5.68. The summed E-state index contributed by atoms with van der Waals surface area (Å²) >= 11 is 0. The van der Waals surface area contributed by atoms with Crippen LogP contribution in [0, 0.1) is 5.92 Å². The van der Waals surface area contributed by atoms with Crippen molar-refractivity contribution in [1.82, 2.24) is 5.32 Å². The quantitative estimate of drug-likeness (QED) is 0.711. The second-order valence-electron chi connectivity index (χ2n) is 4.72. The highest BCUT2D eigenvalue weighted by molar-refractivity contribution is 5.31. The highest BCUT2D eigenvalue weighted by Gasteiger charge is 2.48. The van der Waals surface area contributed by atoms with Crippen LogP contribution in [-0.2, 0) is 5.41 Å². The van der Waals surface area contributed by atoms with Gasteiger partial charge in [-0.05, 0) is 37.3 Å². The average molecular weight is 187 g/mol. The molecule has 1 N–H and O–H groups in total. The second kappa shape index (κ2) is 3.09. The van der Waals surface area contributed by atoms with Gasteiger partial charge in [-0.25, -0.2) is 0 Å². The van der Waals surface area contributed by atoms with E-state index in [1.54, 1.807) is 5.56 Å². The van der Waals surface area contributed by atoms with Crippen molar-refractivity contribution in [3.05, 3.63) is 35.9 Å². The fourth-order valence-corrected chi connectivity index (χ4v) is 3.19. The molecule has 14 heavy (non-hydrogen) atoms. The van der Waals surface area contributed by atoms with E-state index in [1.807, 2.05) is 0 Å². The maximum atomic E-state index is 3.56. The minimum atomic E-state index is 0.500. The summed E-state index contributed by atoms with van der Waals surface area (Å²) in [4.78, 5) is 0. The molecule has 2 fully saturated rings. The Balaban J connectivity index is 1.96. The van der Waals surface area contributed by atoms with Crippen molar-refractivity contribution < 1.29 is 0 Å². The standard InChI is InChI=1S/C13H17N/c1-2-4-11(5-3-1)13-8-6-12(13)7-9-14-10-13/h1-5,12,14H,6-10H2. The van der Waals surface area contributed by atoms with Crippen LogP contribution in [0.4, 0.5) is 0 Å². The molecule has 2 atom stereocenters. The Kier molecular flexibility index (Phi) is 1.88. The third-order valence-corrected chi connectivity index (χ3v) is 4.18. The first-order valence-electron chi connectivity index (χ1n) is 5.68. The SMILES string of the molecule is c1ccc(C23CCC2CCNC3)cc1. The van der Waals surface area contributed by atoms with Gasteiger partial charge >= 0.3 is 0 Å². The Bertz CT molecular complexity index is 319. The van der Waals surface area contributed by atoms with Crippen molar-refractivity contribution in [2.45, 2.75) is 24.7 Å². The fraction of sp³-hybridized carbons (Fsp3) is 0.538. The van der Waals surface area contributed by atoms with E-state index in [0.717, 1.165) is 5.92 Å². The first-order chi connectivity index (χ1) is 6.92. The normalized spacial score (nSPS) is 35.9. The molecule has 0 radical (unpaired) electrons. The van der Waals surface area contributed by atoms with Crippen LogP contribution in [0.5, 0.6) is 0 Å². The Hall–Kier alpha value is -0.820. The van der Waals surface area contributed by atoms with Crippen LogP contribution in [0.25, 0.3) is 0 Å². The summed E-state index contributed by atoms with van der Waals surface area (Å²) in [6.45, 7) is 2.42. The number of nitrogens with one attached hydrogen (secondary N) is 1. The lowest BCUT2D eigenvalue weighted by atomic mass is 9.54. The van der Waals surface area contributed by atoms with E-state index >= 15 is 0 Å². The van der Waals surface area contributed by atoms with Gasteiger partial charge in [0.25, 0.3) is 0 Å². The third-order valence-electron chi connectivity index (χ3n) is 4.18. The van der Waals surface area contributed by atoms with Gasteiger partial charge in [-0.1, -0.05) is 30.3 Å². The van der Waals surface area contributed by atoms with Gasteiger partial charge in [0.2, 0.25) is 0 Å². The zero-order valence-electron chi connectivity index (χ0n) is 8.50. The lowest BCUT2D eigenvalue weighted by Crippen LogP contribution is -2.55. The predicted molar refractivity (Wildman–Crippen MR) is 58.3 cm³/mol. The molecule has 3 rings (SSSR count). The number of fused-ring (bicyclic) bond motifs is 1. The Morgan fingerprint density at radius 2 is 2.00 bits per heavy atom. The summed E-state index contributed by atoms with van der Waals surface area (Å²) in [6, 6.07) is 11.1. The van der Waals surface area contributed by atoms with Crippen LogP contribution in [0.3, 0.4) is 0 Å². The molecule has 1 heteroatoms. The van der Waals surface area contributed by atoms with Crippen molar-refractivity contribution in [3.63, 3.8) is 0 Å². The molecule has 1 aromatic rings. The Labute approximate surface area is 85.5 Å². The van der Waals surface area contributed by atoms with Crippen LogP contribution >= 0.6 is 0 Å². The highest BCUT2D eigenvalue weighted by Crippen LogP contribution is 2.51. The highest BCUT2D eigenvalue weighted by atomic mass is 14.9. The molecule has 0 aromatic heterocycles. The number of piperidine rings is 1. The summed E-state index contributed by atoms with van der Waals surface area (Å²) in [5, 5.41) is 3.56. The van der Waals surface area contributed by atoms with E-state index in [1.165, 1.54) is 32.4 Å². The predicted octanol–water partition coefficient (Wildman–Crippen LogP) is 2.33. The molecule has 0 amide bonds. The number of benzene rings is 1. The zero-order valence-corrected chi connectivity index (χ0v) is 8.50. The van der Waals surface area contributed by atoms with Gasteiger partial charge in [0.05, 0.1) is 0 Å². The van der Waals surface area contributed by atoms with Crippen molar-refractivity contribution >= 4 is 0 Å². The maximum absolute atomic E-state index is 3.56. The Morgan fingerprint density at radius 1 is 1.14 bits per heavy atom. The van der Waals surface area contributed by atoms with Gasteiger partial charge in [-0.2, -0.15) is 0 Å². The van der Waals surface area contributed by atoms with Crippen molar-refractivity contribution in [3.8, 4) is 0 Å². The van der Waals surface area contributed by atoms with Crippen LogP contribution in [0.1, 0.15) is 24.8 Å². The topological polar surface area (TPSA) is 12.0 Å². The monoisotopic (exact) mass is 187 g/mol. The van der Waals surface area contributed by atoms with Gasteiger partial charge in [-0.3, -0.25) is 0 Å². The van der Waals surface area contributed by atoms with E-state index in [0.29, 0.717) is 5.41 Å². The molecule has 1 aliphatic heterocycles. The average Bonchev–Trinajstić information content (AvgIpc) is 2.22. The van der Waals surface area contributed by atoms with Gasteiger partial charge in [0.1, 0.15) is 0 Å². The van der Waals surface area contributed by atoms with E-state index in [-0.39, 0.29) is 0 Å². The van der Waals surface area contributed by atoms with Crippen LogP contribution < -0.4 is 5.32 Å². The van der Waals surface area contributed by atoms with E-state index < -0.39 is 0 Å². The smallest absolute Gasteiger partial charge is 0.0106 e. The number of hydrogen-bond acceptors (Lipinski definition) is 1. The summed E-state index contributed by atoms with van der Waals surface area (Å²) < 4.78 is 0. The molecule has 2 aliphatic rings. The van der Waals surface area contributed by atoms with Gasteiger partial charge in [0, 0.05) is 12.0 Å². The molecule has 1 saturated heterocycles. The number of hydrogen-bond donors (Lipinski definition) is 1. The van der Waals surface area contributed by atoms with E-state index in [9.17, 15) is 0 Å². The zero-order chi connectivity index (χ0) is 9.43. The first kappa shape index (κ1) is 8.49. The van der Waals surface area contributed by atoms with E-state index in [2.05, 4.69) is 35.6 Å². The summed E-state index contributed by atoms with van der Waals surface area (Å²) in [6.07, 6.45) is 4.19. The molecule has 74 valence electrons. The number of rotatable bonds is 1. The molecule has 2 unspecified atom stereocenters. The second-order valence-corrected chi connectivity index (χ2v) is 4.72. The third kappa shape index (κ3) is 1.05. The minimum Gasteiger partial charge on any atom is -0.316 e. The van der Waals surface area contributed by atoms with Crippen LogP contribution in [-0.4, -0.2) is 13.1 Å². The largest absolute Gasteiger partial charge is 0.316 e. The molecule has 1 aromatic carbocycles. The summed E-state index contributed by atoms with van der Waals surface area (Å²) in [5.41, 5.74) is 2.06. The van der Waals surface area contributed by atoms with Gasteiger partial charge < -0.3 is 5.32 Å². The van der Waals surface area contributed by atoms with Crippen molar-refractivity contribution in [1.29, 1.82) is 0 Å². The summed E-state index contributed by atoms with van der Waals surface area (Å²) in [7, 11) is 0. The summed E-state index contributed by atoms with van der Waals surface area (Å²) in [5.74, 6) is 0.950. The maximum Gasteiger partial charge on any atom is 0.0106 e.